The number of halogens is 1. The summed E-state index contributed by atoms with van der Waals surface area (Å²) in [6, 6.07) is 2.04. The second-order valence-corrected chi connectivity index (χ2v) is 5.10. The van der Waals surface area contributed by atoms with Gasteiger partial charge in [-0.25, -0.2) is 0 Å². The highest BCUT2D eigenvalue weighted by molar-refractivity contribution is 6.18. The standard InChI is InChI=1S/C13H20ClN3O/c1-3-17-12(8-10(2)15-17)13(18)16-7-5-4-6-11(16)9-14/h8,11H,3-7,9H2,1-2H3. The number of nitrogens with zero attached hydrogens (tertiary/aromatic N) is 3. The zero-order valence-corrected chi connectivity index (χ0v) is 11.8. The molecule has 0 saturated carbocycles. The Morgan fingerprint density at radius 3 is 3.00 bits per heavy atom. The van der Waals surface area contributed by atoms with Crippen LogP contribution in [0.2, 0.25) is 0 Å². The Balaban J connectivity index is 2.23. The van der Waals surface area contributed by atoms with Crippen LogP contribution in [0.5, 0.6) is 0 Å². The monoisotopic (exact) mass is 269 g/mol. The molecule has 0 spiro atoms. The Kier molecular flexibility index (Phi) is 4.27. The lowest BCUT2D eigenvalue weighted by Crippen LogP contribution is -2.45. The molecule has 1 aromatic rings. The molecule has 1 unspecified atom stereocenters. The molecule has 0 aliphatic carbocycles. The third-order valence-corrected chi connectivity index (χ3v) is 3.84. The van der Waals surface area contributed by atoms with Crippen molar-refractivity contribution >= 4 is 17.5 Å². The van der Waals surface area contributed by atoms with Crippen molar-refractivity contribution in [3.8, 4) is 0 Å². The average molecular weight is 270 g/mol. The van der Waals surface area contributed by atoms with Crippen LogP contribution >= 0.6 is 11.6 Å². The van der Waals surface area contributed by atoms with Crippen molar-refractivity contribution in [2.24, 2.45) is 0 Å². The van der Waals surface area contributed by atoms with Crippen molar-refractivity contribution < 1.29 is 4.79 Å². The molecular weight excluding hydrogens is 250 g/mol. The summed E-state index contributed by atoms with van der Waals surface area (Å²) < 4.78 is 1.78. The molecule has 1 fully saturated rings. The van der Waals surface area contributed by atoms with E-state index in [2.05, 4.69) is 5.10 Å². The normalized spacial score (nSPS) is 20.2. The smallest absolute Gasteiger partial charge is 0.272 e. The number of likely N-dealkylation sites (tertiary alicyclic amines) is 1. The third-order valence-electron chi connectivity index (χ3n) is 3.49. The fourth-order valence-electron chi connectivity index (χ4n) is 2.53. The van der Waals surface area contributed by atoms with E-state index in [9.17, 15) is 4.79 Å². The highest BCUT2D eigenvalue weighted by Gasteiger charge is 2.28. The largest absolute Gasteiger partial charge is 0.333 e. The van der Waals surface area contributed by atoms with Gasteiger partial charge in [-0.2, -0.15) is 5.10 Å². The van der Waals surface area contributed by atoms with E-state index < -0.39 is 0 Å². The average Bonchev–Trinajstić information content (AvgIpc) is 2.79. The van der Waals surface area contributed by atoms with Gasteiger partial charge < -0.3 is 4.90 Å². The first kappa shape index (κ1) is 13.4. The number of alkyl halides is 1. The summed E-state index contributed by atoms with van der Waals surface area (Å²) >= 11 is 5.97. The first-order valence-electron chi connectivity index (χ1n) is 6.58. The predicted octanol–water partition coefficient (Wildman–Crippen LogP) is 2.44. The number of amides is 1. The summed E-state index contributed by atoms with van der Waals surface area (Å²) in [6.45, 7) is 5.44. The lowest BCUT2D eigenvalue weighted by Gasteiger charge is -2.34. The van der Waals surface area contributed by atoms with Crippen molar-refractivity contribution in [3.05, 3.63) is 17.5 Å². The Morgan fingerprint density at radius 1 is 1.56 bits per heavy atom. The Bertz CT molecular complexity index is 430. The fraction of sp³-hybridized carbons (Fsp3) is 0.692. The van der Waals surface area contributed by atoms with Gasteiger partial charge in [0.1, 0.15) is 5.69 Å². The number of hydrogen-bond acceptors (Lipinski definition) is 2. The molecule has 0 aromatic carbocycles. The number of carbonyl (C=O) groups is 1. The predicted molar refractivity (Wildman–Crippen MR) is 72.0 cm³/mol. The number of aryl methyl sites for hydroxylation is 2. The minimum absolute atomic E-state index is 0.0720. The quantitative estimate of drug-likeness (QED) is 0.791. The molecule has 18 heavy (non-hydrogen) atoms. The van der Waals surface area contributed by atoms with Crippen LogP contribution in [0.1, 0.15) is 42.4 Å². The topological polar surface area (TPSA) is 38.1 Å². The minimum atomic E-state index is 0.0720. The van der Waals surface area contributed by atoms with E-state index in [0.29, 0.717) is 18.1 Å². The van der Waals surface area contributed by atoms with Crippen molar-refractivity contribution in [1.82, 2.24) is 14.7 Å². The Labute approximate surface area is 113 Å². The number of aromatic nitrogens is 2. The van der Waals surface area contributed by atoms with Crippen molar-refractivity contribution in [1.29, 1.82) is 0 Å². The second-order valence-electron chi connectivity index (χ2n) is 4.79. The van der Waals surface area contributed by atoms with Crippen LogP contribution < -0.4 is 0 Å². The zero-order chi connectivity index (χ0) is 13.1. The van der Waals surface area contributed by atoms with Crippen molar-refractivity contribution in [3.63, 3.8) is 0 Å². The van der Waals surface area contributed by atoms with Crippen molar-refractivity contribution in [2.75, 3.05) is 12.4 Å². The van der Waals surface area contributed by atoms with Gasteiger partial charge in [0, 0.05) is 25.0 Å². The van der Waals surface area contributed by atoms with E-state index in [1.54, 1.807) is 4.68 Å². The highest BCUT2D eigenvalue weighted by atomic mass is 35.5. The van der Waals surface area contributed by atoms with Crippen LogP contribution in [0.15, 0.2) is 6.07 Å². The molecule has 1 aromatic heterocycles. The van der Waals surface area contributed by atoms with Crippen LogP contribution in [0.25, 0.3) is 0 Å². The fourth-order valence-corrected chi connectivity index (χ4v) is 2.86. The van der Waals surface area contributed by atoms with Gasteiger partial charge in [0.2, 0.25) is 0 Å². The van der Waals surface area contributed by atoms with Gasteiger partial charge in [-0.15, -0.1) is 11.6 Å². The van der Waals surface area contributed by atoms with Gasteiger partial charge in [-0.05, 0) is 39.2 Å². The Hall–Kier alpha value is -1.03. The maximum absolute atomic E-state index is 12.6. The van der Waals surface area contributed by atoms with E-state index in [1.807, 2.05) is 24.8 Å². The number of piperidine rings is 1. The lowest BCUT2D eigenvalue weighted by molar-refractivity contribution is 0.0626. The molecule has 4 nitrogen and oxygen atoms in total. The van der Waals surface area contributed by atoms with Crippen LogP contribution in [-0.2, 0) is 6.54 Å². The van der Waals surface area contributed by atoms with Gasteiger partial charge in [0.05, 0.1) is 5.69 Å². The second kappa shape index (κ2) is 5.74. The van der Waals surface area contributed by atoms with Crippen LogP contribution in [0.3, 0.4) is 0 Å². The van der Waals surface area contributed by atoms with Crippen LogP contribution in [-0.4, -0.2) is 39.1 Å². The molecule has 2 rings (SSSR count). The SMILES string of the molecule is CCn1nc(C)cc1C(=O)N1CCCCC1CCl. The Morgan fingerprint density at radius 2 is 2.33 bits per heavy atom. The van der Waals surface area contributed by atoms with Crippen LogP contribution in [0.4, 0.5) is 0 Å². The molecule has 1 atom stereocenters. The molecule has 1 amide bonds. The summed E-state index contributed by atoms with van der Waals surface area (Å²) in [4.78, 5) is 14.5. The molecule has 5 heteroatoms. The first-order valence-corrected chi connectivity index (χ1v) is 7.12. The van der Waals surface area contributed by atoms with E-state index in [1.165, 1.54) is 0 Å². The highest BCUT2D eigenvalue weighted by Crippen LogP contribution is 2.21. The van der Waals surface area contributed by atoms with E-state index >= 15 is 0 Å². The molecule has 0 bridgehead atoms. The molecule has 1 aliphatic rings. The first-order chi connectivity index (χ1) is 8.67. The zero-order valence-electron chi connectivity index (χ0n) is 11.0. The molecule has 2 heterocycles. The number of carbonyl (C=O) groups excluding carboxylic acids is 1. The molecule has 1 aliphatic heterocycles. The molecule has 1 saturated heterocycles. The molecule has 0 radical (unpaired) electrons. The maximum atomic E-state index is 12.6. The summed E-state index contributed by atoms with van der Waals surface area (Å²) in [5.74, 6) is 0.591. The van der Waals surface area contributed by atoms with Gasteiger partial charge in [0.25, 0.3) is 5.91 Å². The third kappa shape index (κ3) is 2.53. The van der Waals surface area contributed by atoms with Gasteiger partial charge >= 0.3 is 0 Å². The van der Waals surface area contributed by atoms with E-state index in [-0.39, 0.29) is 11.9 Å². The summed E-state index contributed by atoms with van der Waals surface area (Å²) in [5.41, 5.74) is 1.58. The van der Waals surface area contributed by atoms with E-state index in [0.717, 1.165) is 31.5 Å². The molecular formula is C13H20ClN3O. The number of rotatable bonds is 3. The molecule has 100 valence electrons. The van der Waals surface area contributed by atoms with Gasteiger partial charge in [-0.1, -0.05) is 0 Å². The maximum Gasteiger partial charge on any atom is 0.272 e. The van der Waals surface area contributed by atoms with Gasteiger partial charge in [-0.3, -0.25) is 9.48 Å². The summed E-state index contributed by atoms with van der Waals surface area (Å²) in [5, 5.41) is 4.33. The minimum Gasteiger partial charge on any atom is -0.333 e. The van der Waals surface area contributed by atoms with Gasteiger partial charge in [0.15, 0.2) is 0 Å². The summed E-state index contributed by atoms with van der Waals surface area (Å²) in [7, 11) is 0. The summed E-state index contributed by atoms with van der Waals surface area (Å²) in [6.07, 6.45) is 3.24. The number of hydrogen-bond donors (Lipinski definition) is 0. The van der Waals surface area contributed by atoms with Crippen LogP contribution in [0, 0.1) is 6.92 Å². The van der Waals surface area contributed by atoms with E-state index in [4.69, 9.17) is 11.6 Å². The van der Waals surface area contributed by atoms with Crippen molar-refractivity contribution in [2.45, 2.75) is 45.7 Å². The lowest BCUT2D eigenvalue weighted by atomic mass is 10.0. The molecule has 0 N–H and O–H groups in total.